The molecule has 2 fully saturated rings. The van der Waals surface area contributed by atoms with Crippen molar-refractivity contribution < 1.29 is 24.2 Å². The van der Waals surface area contributed by atoms with Crippen molar-refractivity contribution in [2.75, 3.05) is 7.11 Å². The van der Waals surface area contributed by atoms with Crippen LogP contribution in [0, 0.1) is 0 Å². The number of methoxy groups -OCH3 is 1. The molecular formula is C14H23NO5. The number of piperidine rings is 1. The average Bonchev–Trinajstić information content (AvgIpc) is 2.59. The topological polar surface area (TPSA) is 76.1 Å². The zero-order valence-corrected chi connectivity index (χ0v) is 12.5. The smallest absolute Gasteiger partial charge is 0.410 e. The van der Waals surface area contributed by atoms with Crippen LogP contribution in [0.2, 0.25) is 0 Å². The van der Waals surface area contributed by atoms with Crippen molar-refractivity contribution in [3.05, 3.63) is 0 Å². The molecule has 2 rings (SSSR count). The van der Waals surface area contributed by atoms with Crippen molar-refractivity contribution >= 4 is 12.1 Å². The monoisotopic (exact) mass is 285 g/mol. The average molecular weight is 285 g/mol. The molecule has 0 spiro atoms. The van der Waals surface area contributed by atoms with Gasteiger partial charge in [-0.3, -0.25) is 0 Å². The van der Waals surface area contributed by atoms with E-state index in [0.717, 1.165) is 12.8 Å². The van der Waals surface area contributed by atoms with Crippen LogP contribution >= 0.6 is 0 Å². The molecule has 0 aromatic rings. The van der Waals surface area contributed by atoms with Gasteiger partial charge in [-0.15, -0.1) is 0 Å². The summed E-state index contributed by atoms with van der Waals surface area (Å²) in [7, 11) is 1.27. The van der Waals surface area contributed by atoms with Crippen molar-refractivity contribution in [2.24, 2.45) is 0 Å². The summed E-state index contributed by atoms with van der Waals surface area (Å²) >= 11 is 0. The lowest BCUT2D eigenvalue weighted by Gasteiger charge is -2.42. The van der Waals surface area contributed by atoms with E-state index in [1.165, 1.54) is 7.11 Å². The largest absolute Gasteiger partial charge is 0.467 e. The fourth-order valence-corrected chi connectivity index (χ4v) is 3.19. The molecule has 2 heterocycles. The standard InChI is InChI=1S/C14H23NO5/c1-13(2,3)20-12(17)15-9-5-6-10(15)8-14(18,7-9)11(16)19-4/h9-10,18H,5-8H2,1-4H3. The Bertz CT molecular complexity index is 400. The van der Waals surface area contributed by atoms with Gasteiger partial charge in [0.1, 0.15) is 5.60 Å². The van der Waals surface area contributed by atoms with E-state index in [-0.39, 0.29) is 31.0 Å². The molecule has 0 aromatic carbocycles. The predicted molar refractivity (Wildman–Crippen MR) is 71.1 cm³/mol. The zero-order valence-electron chi connectivity index (χ0n) is 12.5. The summed E-state index contributed by atoms with van der Waals surface area (Å²) in [5.41, 5.74) is -2.02. The van der Waals surface area contributed by atoms with Crippen molar-refractivity contribution in [3.8, 4) is 0 Å². The Balaban J connectivity index is 2.11. The number of esters is 1. The van der Waals surface area contributed by atoms with Crippen LogP contribution in [-0.2, 0) is 14.3 Å². The number of amides is 1. The van der Waals surface area contributed by atoms with Gasteiger partial charge in [-0.1, -0.05) is 0 Å². The second kappa shape index (κ2) is 4.91. The van der Waals surface area contributed by atoms with E-state index in [2.05, 4.69) is 4.74 Å². The minimum absolute atomic E-state index is 0.160. The first kappa shape index (κ1) is 15.1. The molecule has 2 saturated heterocycles. The van der Waals surface area contributed by atoms with Gasteiger partial charge in [0, 0.05) is 24.9 Å². The molecular weight excluding hydrogens is 262 g/mol. The highest BCUT2D eigenvalue weighted by molar-refractivity contribution is 5.80. The van der Waals surface area contributed by atoms with Crippen LogP contribution in [0.1, 0.15) is 46.5 Å². The van der Waals surface area contributed by atoms with Crippen molar-refractivity contribution in [3.63, 3.8) is 0 Å². The molecule has 20 heavy (non-hydrogen) atoms. The Kier molecular flexibility index (Phi) is 3.71. The van der Waals surface area contributed by atoms with Gasteiger partial charge in [0.2, 0.25) is 0 Å². The molecule has 0 radical (unpaired) electrons. The number of carbonyl (C=O) groups is 2. The molecule has 1 N–H and O–H groups in total. The van der Waals surface area contributed by atoms with Gasteiger partial charge in [-0.25, -0.2) is 9.59 Å². The van der Waals surface area contributed by atoms with Gasteiger partial charge in [0.15, 0.2) is 5.60 Å². The molecule has 2 atom stereocenters. The summed E-state index contributed by atoms with van der Waals surface area (Å²) in [6.07, 6.45) is 1.63. The lowest BCUT2D eigenvalue weighted by Crippen LogP contribution is -2.57. The first-order chi connectivity index (χ1) is 9.16. The highest BCUT2D eigenvalue weighted by Crippen LogP contribution is 2.42. The molecule has 0 aromatic heterocycles. The minimum atomic E-state index is -1.47. The molecule has 6 heteroatoms. The molecule has 0 aliphatic carbocycles. The summed E-state index contributed by atoms with van der Waals surface area (Å²) in [5.74, 6) is -0.613. The number of nitrogens with zero attached hydrogens (tertiary/aromatic N) is 1. The van der Waals surface area contributed by atoms with Crippen LogP contribution in [-0.4, -0.2) is 52.5 Å². The maximum Gasteiger partial charge on any atom is 0.410 e. The second-order valence-electron chi connectivity index (χ2n) is 6.70. The highest BCUT2D eigenvalue weighted by Gasteiger charge is 2.54. The summed E-state index contributed by atoms with van der Waals surface area (Å²) in [4.78, 5) is 25.6. The fourth-order valence-electron chi connectivity index (χ4n) is 3.19. The molecule has 114 valence electrons. The molecule has 0 saturated carbocycles. The Labute approximate surface area is 119 Å². The molecule has 2 unspecified atom stereocenters. The van der Waals surface area contributed by atoms with E-state index < -0.39 is 17.2 Å². The Morgan fingerprint density at radius 1 is 1.20 bits per heavy atom. The van der Waals surface area contributed by atoms with E-state index >= 15 is 0 Å². The maximum absolute atomic E-state index is 12.2. The molecule has 2 aliphatic heterocycles. The SMILES string of the molecule is COC(=O)C1(O)CC2CCC(C1)N2C(=O)OC(C)(C)C. The Morgan fingerprint density at radius 2 is 1.70 bits per heavy atom. The van der Waals surface area contributed by atoms with E-state index in [9.17, 15) is 14.7 Å². The highest BCUT2D eigenvalue weighted by atomic mass is 16.6. The number of aliphatic hydroxyl groups is 1. The molecule has 2 bridgehead atoms. The number of rotatable bonds is 1. The number of hydrogen-bond donors (Lipinski definition) is 1. The van der Waals surface area contributed by atoms with E-state index in [1.807, 2.05) is 20.8 Å². The van der Waals surface area contributed by atoms with Gasteiger partial charge < -0.3 is 19.5 Å². The number of ether oxygens (including phenoxy) is 2. The van der Waals surface area contributed by atoms with Gasteiger partial charge in [-0.05, 0) is 33.6 Å². The normalized spacial score (nSPS) is 33.0. The lowest BCUT2D eigenvalue weighted by molar-refractivity contribution is -0.170. The number of fused-ring (bicyclic) bond motifs is 2. The van der Waals surface area contributed by atoms with E-state index in [4.69, 9.17) is 4.74 Å². The second-order valence-corrected chi connectivity index (χ2v) is 6.70. The molecule has 6 nitrogen and oxygen atoms in total. The molecule has 2 aliphatic rings. The van der Waals surface area contributed by atoms with E-state index in [0.29, 0.717) is 0 Å². The van der Waals surface area contributed by atoms with Gasteiger partial charge in [0.05, 0.1) is 7.11 Å². The summed E-state index contributed by atoms with van der Waals surface area (Å²) in [6, 6.07) is -0.319. The van der Waals surface area contributed by atoms with Crippen LogP contribution < -0.4 is 0 Å². The third-order valence-corrected chi connectivity index (χ3v) is 3.94. The van der Waals surface area contributed by atoms with Gasteiger partial charge in [-0.2, -0.15) is 0 Å². The lowest BCUT2D eigenvalue weighted by atomic mass is 9.86. The quantitative estimate of drug-likeness (QED) is 0.738. The number of hydrogen-bond acceptors (Lipinski definition) is 5. The Hall–Kier alpha value is -1.30. The molecule has 1 amide bonds. The van der Waals surface area contributed by atoms with Crippen molar-refractivity contribution in [2.45, 2.75) is 69.7 Å². The van der Waals surface area contributed by atoms with Crippen LogP contribution in [0.25, 0.3) is 0 Å². The van der Waals surface area contributed by atoms with E-state index in [1.54, 1.807) is 4.90 Å². The van der Waals surface area contributed by atoms with Crippen LogP contribution in [0.3, 0.4) is 0 Å². The van der Waals surface area contributed by atoms with Crippen molar-refractivity contribution in [1.82, 2.24) is 4.90 Å². The minimum Gasteiger partial charge on any atom is -0.467 e. The first-order valence-electron chi connectivity index (χ1n) is 6.98. The first-order valence-corrected chi connectivity index (χ1v) is 6.98. The van der Waals surface area contributed by atoms with Crippen LogP contribution in [0.15, 0.2) is 0 Å². The summed E-state index contributed by atoms with van der Waals surface area (Å²) < 4.78 is 10.1. The maximum atomic E-state index is 12.2. The summed E-state index contributed by atoms with van der Waals surface area (Å²) in [5, 5.41) is 10.4. The summed E-state index contributed by atoms with van der Waals surface area (Å²) in [6.45, 7) is 5.46. The van der Waals surface area contributed by atoms with Crippen LogP contribution in [0.5, 0.6) is 0 Å². The van der Waals surface area contributed by atoms with Gasteiger partial charge >= 0.3 is 12.1 Å². The number of carbonyl (C=O) groups excluding carboxylic acids is 2. The van der Waals surface area contributed by atoms with Crippen molar-refractivity contribution in [1.29, 1.82) is 0 Å². The third-order valence-electron chi connectivity index (χ3n) is 3.94. The predicted octanol–water partition coefficient (Wildman–Crippen LogP) is 1.45. The van der Waals surface area contributed by atoms with Gasteiger partial charge in [0.25, 0.3) is 0 Å². The third kappa shape index (κ3) is 2.75. The zero-order chi connectivity index (χ0) is 15.1. The Morgan fingerprint density at radius 3 is 2.10 bits per heavy atom. The van der Waals surface area contributed by atoms with Crippen LogP contribution in [0.4, 0.5) is 4.79 Å². The fraction of sp³-hybridized carbons (Fsp3) is 0.857.